The third-order valence-corrected chi connectivity index (χ3v) is 4.07. The molecule has 7 heteroatoms. The van der Waals surface area contributed by atoms with E-state index in [0.717, 1.165) is 22.3 Å². The smallest absolute Gasteiger partial charge is 0.287 e. The lowest BCUT2D eigenvalue weighted by atomic mass is 10.3. The number of amides is 1. The second-order valence-corrected chi connectivity index (χ2v) is 6.31. The fraction of sp³-hybridized carbons (Fsp3) is 0.222. The first-order valence-corrected chi connectivity index (χ1v) is 8.70. The van der Waals surface area contributed by atoms with Gasteiger partial charge in [0.2, 0.25) is 0 Å². The molecular weight excluding hydrogens is 386 g/mol. The van der Waals surface area contributed by atoms with E-state index in [1.54, 1.807) is 18.3 Å². The number of rotatable bonds is 7. The molecule has 130 valence electrons. The fourth-order valence-electron chi connectivity index (χ4n) is 2.20. The molecule has 0 fully saturated rings. The van der Waals surface area contributed by atoms with E-state index in [-0.39, 0.29) is 18.3 Å². The van der Waals surface area contributed by atoms with Crippen LogP contribution in [0.2, 0.25) is 0 Å². The molecular formula is C18H18BrN3O3. The number of nitrogens with one attached hydrogen (secondary N) is 1. The Morgan fingerprint density at radius 2 is 2.08 bits per heavy atom. The lowest BCUT2D eigenvalue weighted by molar-refractivity contribution is 0.0919. The van der Waals surface area contributed by atoms with E-state index in [4.69, 9.17) is 9.15 Å². The third kappa shape index (κ3) is 4.73. The van der Waals surface area contributed by atoms with Gasteiger partial charge < -0.3 is 14.5 Å². The molecule has 0 radical (unpaired) electrons. The van der Waals surface area contributed by atoms with Crippen LogP contribution in [0.4, 0.5) is 0 Å². The lowest BCUT2D eigenvalue weighted by Crippen LogP contribution is -2.22. The molecule has 1 aromatic carbocycles. The number of benzene rings is 1. The maximum Gasteiger partial charge on any atom is 0.287 e. The average Bonchev–Trinajstić information content (AvgIpc) is 3.28. The van der Waals surface area contributed by atoms with Gasteiger partial charge in [0.05, 0.1) is 6.20 Å². The van der Waals surface area contributed by atoms with Crippen LogP contribution in [-0.4, -0.2) is 15.7 Å². The van der Waals surface area contributed by atoms with Crippen LogP contribution in [0.5, 0.6) is 5.75 Å². The Balaban J connectivity index is 1.51. The summed E-state index contributed by atoms with van der Waals surface area (Å²) in [6.45, 7) is 3.48. The number of furan rings is 1. The van der Waals surface area contributed by atoms with Gasteiger partial charge in [-0.1, -0.05) is 15.9 Å². The Labute approximate surface area is 153 Å². The Kier molecular flexibility index (Phi) is 5.55. The number of nitrogens with zero attached hydrogens (tertiary/aromatic N) is 2. The van der Waals surface area contributed by atoms with Crippen molar-refractivity contribution in [3.05, 3.63) is 70.3 Å². The van der Waals surface area contributed by atoms with Gasteiger partial charge in [0.1, 0.15) is 18.1 Å². The summed E-state index contributed by atoms with van der Waals surface area (Å²) in [5.41, 5.74) is 0.945. The van der Waals surface area contributed by atoms with E-state index < -0.39 is 0 Å². The Hall–Kier alpha value is -2.54. The molecule has 3 rings (SSSR count). The SMILES string of the molecule is CCn1cc(CNC(=O)c2ccc(COc3ccc(Br)cc3)o2)cn1. The summed E-state index contributed by atoms with van der Waals surface area (Å²) in [6, 6.07) is 10.9. The Bertz CT molecular complexity index is 839. The molecule has 0 saturated heterocycles. The molecule has 0 aliphatic rings. The molecule has 0 aliphatic heterocycles. The molecule has 25 heavy (non-hydrogen) atoms. The van der Waals surface area contributed by atoms with E-state index >= 15 is 0 Å². The van der Waals surface area contributed by atoms with Crippen molar-refractivity contribution in [1.82, 2.24) is 15.1 Å². The molecule has 6 nitrogen and oxygen atoms in total. The molecule has 1 amide bonds. The first kappa shape index (κ1) is 17.3. The standard InChI is InChI=1S/C18H18BrN3O3/c1-2-22-11-13(10-21-22)9-20-18(23)17-8-7-16(25-17)12-24-15-5-3-14(19)4-6-15/h3-8,10-11H,2,9,12H2,1H3,(H,20,23). The normalized spacial score (nSPS) is 10.6. The van der Waals surface area contributed by atoms with E-state index in [1.165, 1.54) is 0 Å². The third-order valence-electron chi connectivity index (χ3n) is 3.54. The molecule has 0 aliphatic carbocycles. The van der Waals surface area contributed by atoms with E-state index in [0.29, 0.717) is 12.3 Å². The van der Waals surface area contributed by atoms with Crippen molar-refractivity contribution in [1.29, 1.82) is 0 Å². The van der Waals surface area contributed by atoms with Crippen molar-refractivity contribution in [3.8, 4) is 5.75 Å². The first-order chi connectivity index (χ1) is 12.1. The second kappa shape index (κ2) is 8.02. The van der Waals surface area contributed by atoms with E-state index in [1.807, 2.05) is 42.1 Å². The van der Waals surface area contributed by atoms with Crippen LogP contribution in [0.3, 0.4) is 0 Å². The molecule has 1 N–H and O–H groups in total. The highest BCUT2D eigenvalue weighted by Gasteiger charge is 2.11. The average molecular weight is 404 g/mol. The van der Waals surface area contributed by atoms with Gasteiger partial charge in [0.15, 0.2) is 5.76 Å². The maximum atomic E-state index is 12.1. The van der Waals surface area contributed by atoms with Gasteiger partial charge in [0, 0.05) is 29.3 Å². The van der Waals surface area contributed by atoms with Gasteiger partial charge in [-0.05, 0) is 43.3 Å². The minimum absolute atomic E-state index is 0.261. The van der Waals surface area contributed by atoms with Crippen LogP contribution in [0.1, 0.15) is 28.8 Å². The predicted octanol–water partition coefficient (Wildman–Crippen LogP) is 3.77. The minimum Gasteiger partial charge on any atom is -0.486 e. The molecule has 0 unspecified atom stereocenters. The highest BCUT2D eigenvalue weighted by molar-refractivity contribution is 9.10. The summed E-state index contributed by atoms with van der Waals surface area (Å²) < 4.78 is 14.0. The van der Waals surface area contributed by atoms with E-state index in [9.17, 15) is 4.79 Å². The summed E-state index contributed by atoms with van der Waals surface area (Å²) in [7, 11) is 0. The number of aromatic nitrogens is 2. The second-order valence-electron chi connectivity index (χ2n) is 5.40. The number of ether oxygens (including phenoxy) is 1. The summed E-state index contributed by atoms with van der Waals surface area (Å²) in [5.74, 6) is 1.32. The summed E-state index contributed by atoms with van der Waals surface area (Å²) in [6.07, 6.45) is 3.64. The zero-order valence-corrected chi connectivity index (χ0v) is 15.3. The predicted molar refractivity (Wildman–Crippen MR) is 96.3 cm³/mol. The first-order valence-electron chi connectivity index (χ1n) is 7.90. The number of hydrogen-bond acceptors (Lipinski definition) is 4. The zero-order valence-electron chi connectivity index (χ0n) is 13.7. The molecule has 0 atom stereocenters. The fourth-order valence-corrected chi connectivity index (χ4v) is 2.47. The van der Waals surface area contributed by atoms with Gasteiger partial charge in [-0.3, -0.25) is 9.48 Å². The van der Waals surface area contributed by atoms with Crippen LogP contribution in [-0.2, 0) is 19.7 Å². The molecule has 0 bridgehead atoms. The highest BCUT2D eigenvalue weighted by atomic mass is 79.9. The van der Waals surface area contributed by atoms with Crippen molar-refractivity contribution in [2.75, 3.05) is 0 Å². The number of carbonyl (C=O) groups is 1. The van der Waals surface area contributed by atoms with Crippen molar-refractivity contribution in [2.45, 2.75) is 26.6 Å². The minimum atomic E-state index is -0.265. The lowest BCUT2D eigenvalue weighted by Gasteiger charge is -2.04. The van der Waals surface area contributed by atoms with Gasteiger partial charge in [0.25, 0.3) is 5.91 Å². The summed E-state index contributed by atoms with van der Waals surface area (Å²) in [5, 5.41) is 6.98. The maximum absolute atomic E-state index is 12.1. The Morgan fingerprint density at radius 1 is 1.28 bits per heavy atom. The van der Waals surface area contributed by atoms with Gasteiger partial charge >= 0.3 is 0 Å². The van der Waals surface area contributed by atoms with Crippen molar-refractivity contribution in [3.63, 3.8) is 0 Å². The molecule has 2 aromatic heterocycles. The van der Waals surface area contributed by atoms with Gasteiger partial charge in [-0.15, -0.1) is 0 Å². The van der Waals surface area contributed by atoms with Crippen molar-refractivity contribution < 1.29 is 13.9 Å². The van der Waals surface area contributed by atoms with E-state index in [2.05, 4.69) is 26.3 Å². The summed E-state index contributed by atoms with van der Waals surface area (Å²) in [4.78, 5) is 12.1. The van der Waals surface area contributed by atoms with Gasteiger partial charge in [-0.2, -0.15) is 5.10 Å². The monoisotopic (exact) mass is 403 g/mol. The molecule has 0 saturated carbocycles. The van der Waals surface area contributed by atoms with Crippen LogP contribution in [0, 0.1) is 0 Å². The van der Waals surface area contributed by atoms with Crippen LogP contribution < -0.4 is 10.1 Å². The molecule has 2 heterocycles. The van der Waals surface area contributed by atoms with Crippen LogP contribution >= 0.6 is 15.9 Å². The quantitative estimate of drug-likeness (QED) is 0.651. The summed E-state index contributed by atoms with van der Waals surface area (Å²) >= 11 is 3.37. The van der Waals surface area contributed by atoms with Crippen LogP contribution in [0.15, 0.2) is 57.7 Å². The highest BCUT2D eigenvalue weighted by Crippen LogP contribution is 2.18. The number of hydrogen-bond donors (Lipinski definition) is 1. The molecule has 3 aromatic rings. The number of aryl methyl sites for hydroxylation is 1. The Morgan fingerprint density at radius 3 is 2.80 bits per heavy atom. The van der Waals surface area contributed by atoms with Crippen molar-refractivity contribution >= 4 is 21.8 Å². The number of halogens is 1. The number of carbonyl (C=O) groups excluding carboxylic acids is 1. The van der Waals surface area contributed by atoms with Crippen LogP contribution in [0.25, 0.3) is 0 Å². The zero-order chi connectivity index (χ0) is 17.6. The largest absolute Gasteiger partial charge is 0.486 e. The van der Waals surface area contributed by atoms with Gasteiger partial charge in [-0.25, -0.2) is 0 Å². The molecule has 0 spiro atoms. The topological polar surface area (TPSA) is 69.3 Å². The van der Waals surface area contributed by atoms with Crippen molar-refractivity contribution in [2.24, 2.45) is 0 Å².